The summed E-state index contributed by atoms with van der Waals surface area (Å²) >= 11 is 5.82. The second-order valence-electron chi connectivity index (χ2n) is 4.00. The van der Waals surface area contributed by atoms with Gasteiger partial charge in [0.1, 0.15) is 18.2 Å². The van der Waals surface area contributed by atoms with Gasteiger partial charge < -0.3 is 14.8 Å². The summed E-state index contributed by atoms with van der Waals surface area (Å²) in [7, 11) is 0. The molecule has 1 aromatic heterocycles. The third-order valence-corrected chi connectivity index (χ3v) is 2.58. The van der Waals surface area contributed by atoms with Crippen LogP contribution in [-0.4, -0.2) is 21.0 Å². The summed E-state index contributed by atoms with van der Waals surface area (Å²) < 4.78 is 5.42. The van der Waals surface area contributed by atoms with Crippen molar-refractivity contribution in [1.82, 2.24) is 9.97 Å². The molecule has 1 aromatic carbocycles. The third-order valence-electron chi connectivity index (χ3n) is 2.35. The van der Waals surface area contributed by atoms with Crippen LogP contribution in [0, 0.1) is 0 Å². The number of benzene rings is 1. The van der Waals surface area contributed by atoms with Crippen molar-refractivity contribution in [3.05, 3.63) is 57.2 Å². The van der Waals surface area contributed by atoms with Crippen molar-refractivity contribution in [2.75, 3.05) is 0 Å². The maximum absolute atomic E-state index is 11.4. The van der Waals surface area contributed by atoms with Crippen molar-refractivity contribution in [3.63, 3.8) is 0 Å². The highest BCUT2D eigenvalue weighted by molar-refractivity contribution is 6.30. The summed E-state index contributed by atoms with van der Waals surface area (Å²) in [5.41, 5.74) is -0.230. The van der Waals surface area contributed by atoms with Gasteiger partial charge in [-0.25, -0.2) is 4.98 Å². The molecule has 0 fully saturated rings. The predicted octanol–water partition coefficient (Wildman–Crippen LogP) is 1.63. The molecule has 0 aliphatic heterocycles. The first kappa shape index (κ1) is 14.1. The van der Waals surface area contributed by atoms with Gasteiger partial charge in [-0.3, -0.25) is 9.59 Å². The van der Waals surface area contributed by atoms with Crippen LogP contribution in [0.1, 0.15) is 11.5 Å². The minimum absolute atomic E-state index is 0.0169. The molecule has 0 aliphatic rings. The second-order valence-corrected chi connectivity index (χ2v) is 4.44. The summed E-state index contributed by atoms with van der Waals surface area (Å²) in [6.07, 6.45) is -0.311. The smallest absolute Gasteiger partial charge is 0.309 e. The van der Waals surface area contributed by atoms with E-state index in [1.54, 1.807) is 24.3 Å². The Kier molecular flexibility index (Phi) is 4.37. The van der Waals surface area contributed by atoms with E-state index < -0.39 is 11.5 Å². The van der Waals surface area contributed by atoms with Gasteiger partial charge in [-0.2, -0.15) is 0 Å². The lowest BCUT2D eigenvalue weighted by Crippen LogP contribution is -2.16. The van der Waals surface area contributed by atoms with Gasteiger partial charge in [0.15, 0.2) is 0 Å². The quantitative estimate of drug-likeness (QED) is 0.874. The number of aliphatic carboxylic acids is 1. The zero-order valence-corrected chi connectivity index (χ0v) is 11.1. The SMILES string of the molecule is O=C(O)Cc1cc(=O)[nH]c(COc2cccc(Cl)c2)n1. The van der Waals surface area contributed by atoms with Crippen LogP contribution in [0.3, 0.4) is 0 Å². The van der Waals surface area contributed by atoms with Gasteiger partial charge in [-0.05, 0) is 18.2 Å². The number of aromatic amines is 1. The Morgan fingerprint density at radius 1 is 1.40 bits per heavy atom. The van der Waals surface area contributed by atoms with Crippen LogP contribution >= 0.6 is 11.6 Å². The summed E-state index contributed by atoms with van der Waals surface area (Å²) in [5, 5.41) is 9.22. The Hall–Kier alpha value is -2.34. The third kappa shape index (κ3) is 4.10. The maximum Gasteiger partial charge on any atom is 0.309 e. The van der Waals surface area contributed by atoms with Crippen LogP contribution in [0.4, 0.5) is 0 Å². The Morgan fingerprint density at radius 3 is 2.90 bits per heavy atom. The molecule has 0 unspecified atom stereocenters. The number of carboxylic acid groups (broad SMARTS) is 1. The Morgan fingerprint density at radius 2 is 2.20 bits per heavy atom. The van der Waals surface area contributed by atoms with E-state index >= 15 is 0 Å². The molecule has 2 N–H and O–H groups in total. The molecule has 0 amide bonds. The normalized spacial score (nSPS) is 10.2. The summed E-state index contributed by atoms with van der Waals surface area (Å²) in [6, 6.07) is 7.93. The number of aromatic nitrogens is 2. The number of hydrogen-bond acceptors (Lipinski definition) is 4. The topological polar surface area (TPSA) is 92.3 Å². The van der Waals surface area contributed by atoms with Gasteiger partial charge in [-0.1, -0.05) is 17.7 Å². The Bertz CT molecular complexity index is 684. The van der Waals surface area contributed by atoms with Crippen LogP contribution in [0.25, 0.3) is 0 Å². The highest BCUT2D eigenvalue weighted by Gasteiger charge is 2.06. The molecule has 0 radical (unpaired) electrons. The average molecular weight is 295 g/mol. The number of halogens is 1. The van der Waals surface area contributed by atoms with Crippen molar-refractivity contribution in [2.45, 2.75) is 13.0 Å². The monoisotopic (exact) mass is 294 g/mol. The summed E-state index contributed by atoms with van der Waals surface area (Å²) in [5.74, 6) is -0.262. The fourth-order valence-corrected chi connectivity index (χ4v) is 1.77. The van der Waals surface area contributed by atoms with E-state index in [1.807, 2.05) is 0 Å². The number of carbonyl (C=O) groups is 1. The van der Waals surface area contributed by atoms with Crippen molar-refractivity contribution in [1.29, 1.82) is 0 Å². The number of H-pyrrole nitrogens is 1. The molecule has 20 heavy (non-hydrogen) atoms. The number of nitrogens with one attached hydrogen (secondary N) is 1. The van der Waals surface area contributed by atoms with Gasteiger partial charge in [0.25, 0.3) is 5.56 Å². The molecule has 6 nitrogen and oxygen atoms in total. The van der Waals surface area contributed by atoms with E-state index in [4.69, 9.17) is 21.4 Å². The molecule has 0 saturated heterocycles. The molecule has 1 heterocycles. The lowest BCUT2D eigenvalue weighted by molar-refractivity contribution is -0.136. The first-order chi connectivity index (χ1) is 9.52. The van der Waals surface area contributed by atoms with E-state index in [-0.39, 0.29) is 24.5 Å². The van der Waals surface area contributed by atoms with Crippen molar-refractivity contribution in [3.8, 4) is 5.75 Å². The molecule has 2 rings (SSSR count). The highest BCUT2D eigenvalue weighted by Crippen LogP contribution is 2.17. The number of ether oxygens (including phenoxy) is 1. The minimum atomic E-state index is -1.05. The van der Waals surface area contributed by atoms with Crippen LogP contribution in [0.5, 0.6) is 5.75 Å². The average Bonchev–Trinajstić information content (AvgIpc) is 2.35. The molecule has 104 valence electrons. The summed E-state index contributed by atoms with van der Waals surface area (Å²) in [6.45, 7) is 0.0169. The standard InChI is InChI=1S/C13H11ClN2O4/c14-8-2-1-3-10(4-8)20-7-11-15-9(6-13(18)19)5-12(17)16-11/h1-5H,6-7H2,(H,18,19)(H,15,16,17). The Balaban J connectivity index is 2.11. The van der Waals surface area contributed by atoms with Gasteiger partial charge in [0, 0.05) is 11.1 Å². The lowest BCUT2D eigenvalue weighted by Gasteiger charge is -2.06. The first-order valence-electron chi connectivity index (χ1n) is 5.72. The van der Waals surface area contributed by atoms with Gasteiger partial charge >= 0.3 is 5.97 Å². The minimum Gasteiger partial charge on any atom is -0.486 e. The molecule has 0 spiro atoms. The predicted molar refractivity (Wildman–Crippen MR) is 72.0 cm³/mol. The Labute approximate surface area is 119 Å². The van der Waals surface area contributed by atoms with E-state index in [0.29, 0.717) is 10.8 Å². The van der Waals surface area contributed by atoms with Crippen LogP contribution < -0.4 is 10.3 Å². The molecule has 0 aliphatic carbocycles. The fourth-order valence-electron chi connectivity index (χ4n) is 1.59. The van der Waals surface area contributed by atoms with Gasteiger partial charge in [0.05, 0.1) is 12.1 Å². The van der Waals surface area contributed by atoms with Crippen LogP contribution in [0.2, 0.25) is 5.02 Å². The van der Waals surface area contributed by atoms with E-state index in [2.05, 4.69) is 9.97 Å². The number of rotatable bonds is 5. The molecule has 0 atom stereocenters. The van der Waals surface area contributed by atoms with Gasteiger partial charge in [-0.15, -0.1) is 0 Å². The maximum atomic E-state index is 11.4. The van der Waals surface area contributed by atoms with E-state index in [1.165, 1.54) is 0 Å². The molecule has 0 saturated carbocycles. The zero-order valence-electron chi connectivity index (χ0n) is 10.3. The lowest BCUT2D eigenvalue weighted by atomic mass is 10.3. The highest BCUT2D eigenvalue weighted by atomic mass is 35.5. The second kappa shape index (κ2) is 6.21. The summed E-state index contributed by atoms with van der Waals surface area (Å²) in [4.78, 5) is 28.5. The van der Waals surface area contributed by atoms with Gasteiger partial charge in [0.2, 0.25) is 0 Å². The van der Waals surface area contributed by atoms with Crippen molar-refractivity contribution < 1.29 is 14.6 Å². The van der Waals surface area contributed by atoms with Crippen LogP contribution in [-0.2, 0) is 17.8 Å². The van der Waals surface area contributed by atoms with Crippen LogP contribution in [0.15, 0.2) is 35.1 Å². The molecule has 0 bridgehead atoms. The molecular formula is C13H11ClN2O4. The van der Waals surface area contributed by atoms with E-state index in [0.717, 1.165) is 6.07 Å². The number of carboxylic acids is 1. The number of hydrogen-bond donors (Lipinski definition) is 2. The van der Waals surface area contributed by atoms with Crippen molar-refractivity contribution >= 4 is 17.6 Å². The van der Waals surface area contributed by atoms with E-state index in [9.17, 15) is 9.59 Å². The largest absolute Gasteiger partial charge is 0.486 e. The molecular weight excluding hydrogens is 284 g/mol. The van der Waals surface area contributed by atoms with Crippen molar-refractivity contribution in [2.24, 2.45) is 0 Å². The number of nitrogens with zero attached hydrogens (tertiary/aromatic N) is 1. The zero-order chi connectivity index (χ0) is 14.5. The molecule has 7 heteroatoms. The molecule has 2 aromatic rings. The first-order valence-corrected chi connectivity index (χ1v) is 6.10. The fraction of sp³-hybridized carbons (Fsp3) is 0.154.